The maximum Gasteiger partial charge on any atom is 0.234 e. The van der Waals surface area contributed by atoms with E-state index < -0.39 is 23.5 Å². The van der Waals surface area contributed by atoms with Gasteiger partial charge in [0.25, 0.3) is 0 Å². The maximum absolute atomic E-state index is 13.5. The predicted molar refractivity (Wildman–Crippen MR) is 125 cm³/mol. The summed E-state index contributed by atoms with van der Waals surface area (Å²) in [4.78, 5) is 28.4. The normalized spacial score (nSPS) is 26.5. The van der Waals surface area contributed by atoms with Crippen LogP contribution in [0, 0.1) is 11.8 Å². The van der Waals surface area contributed by atoms with Crippen LogP contribution in [0.5, 0.6) is 17.2 Å². The fraction of sp³-hybridized carbons (Fsp3) is 0.385. The van der Waals surface area contributed by atoms with E-state index >= 15 is 0 Å². The van der Waals surface area contributed by atoms with E-state index in [1.54, 1.807) is 26.2 Å². The zero-order valence-electron chi connectivity index (χ0n) is 19.4. The number of carbonyl (C=O) groups excluding carboxylic acids is 2. The highest BCUT2D eigenvalue weighted by Crippen LogP contribution is 2.53. The van der Waals surface area contributed by atoms with Gasteiger partial charge >= 0.3 is 0 Å². The lowest BCUT2D eigenvalue weighted by molar-refractivity contribution is -0.131. The standard InChI is InChI=1S/C26H28N2O6/c1-31-18-7-5-4-6-17(18)28-15-26-12-10-20(34-26)22(23(26)25(28)30)24(29)27-13-11-16-8-9-19(32-2)21(14-16)33-3/h4-10,12,14,20,22-23H,11,13,15H2,1-3H3,(H,27,29)/t20-,22+,23-,26-/m1/s1. The van der Waals surface area contributed by atoms with Crippen LogP contribution in [0.15, 0.2) is 54.6 Å². The zero-order chi connectivity index (χ0) is 23.9. The molecule has 1 N–H and O–H groups in total. The zero-order valence-corrected chi connectivity index (χ0v) is 19.4. The minimum Gasteiger partial charge on any atom is -0.495 e. The molecule has 3 heterocycles. The van der Waals surface area contributed by atoms with Crippen LogP contribution in [0.3, 0.4) is 0 Å². The summed E-state index contributed by atoms with van der Waals surface area (Å²) in [6.07, 6.45) is 4.09. The highest BCUT2D eigenvalue weighted by molar-refractivity contribution is 6.04. The molecular formula is C26H28N2O6. The molecule has 2 aromatic carbocycles. The Kier molecular flexibility index (Phi) is 5.69. The van der Waals surface area contributed by atoms with Crippen molar-refractivity contribution in [1.82, 2.24) is 5.32 Å². The van der Waals surface area contributed by atoms with Crippen LogP contribution in [0.2, 0.25) is 0 Å². The van der Waals surface area contributed by atoms with Crippen LogP contribution in [0.4, 0.5) is 5.69 Å². The number of fused-ring (bicyclic) bond motifs is 1. The Balaban J connectivity index is 1.29. The largest absolute Gasteiger partial charge is 0.495 e. The molecule has 3 aliphatic rings. The average Bonchev–Trinajstić information content (AvgIpc) is 3.51. The molecular weight excluding hydrogens is 436 g/mol. The molecule has 0 saturated carbocycles. The van der Waals surface area contributed by atoms with Gasteiger partial charge in [-0.3, -0.25) is 9.59 Å². The van der Waals surface area contributed by atoms with Crippen molar-refractivity contribution in [2.75, 3.05) is 39.3 Å². The lowest BCUT2D eigenvalue weighted by atomic mass is 9.77. The number of anilines is 1. The van der Waals surface area contributed by atoms with E-state index in [0.717, 1.165) is 5.56 Å². The molecule has 0 aromatic heterocycles. The molecule has 3 aliphatic heterocycles. The van der Waals surface area contributed by atoms with E-state index in [2.05, 4.69) is 5.32 Å². The Morgan fingerprint density at radius 1 is 1.09 bits per heavy atom. The molecule has 2 aromatic rings. The van der Waals surface area contributed by atoms with Crippen molar-refractivity contribution < 1.29 is 28.5 Å². The molecule has 8 heteroatoms. The van der Waals surface area contributed by atoms with E-state index in [1.165, 1.54) is 0 Å². The number of amides is 2. The highest BCUT2D eigenvalue weighted by atomic mass is 16.5. The fourth-order valence-electron chi connectivity index (χ4n) is 5.34. The average molecular weight is 465 g/mol. The first kappa shape index (κ1) is 22.3. The SMILES string of the molecule is COc1ccc(CCNC(=O)[C@H]2[C@H]3C=C[C@]4(CN(c5ccccc5OC)C(=O)[C@@H]24)O3)cc1OC. The second kappa shape index (κ2) is 8.68. The van der Waals surface area contributed by atoms with Gasteiger partial charge in [-0.1, -0.05) is 30.4 Å². The van der Waals surface area contributed by atoms with Crippen molar-refractivity contribution >= 4 is 17.5 Å². The Morgan fingerprint density at radius 3 is 2.62 bits per heavy atom. The van der Waals surface area contributed by atoms with Crippen molar-refractivity contribution in [1.29, 1.82) is 0 Å². The van der Waals surface area contributed by atoms with Crippen molar-refractivity contribution in [3.05, 3.63) is 60.2 Å². The number of hydrogen-bond acceptors (Lipinski definition) is 6. The van der Waals surface area contributed by atoms with Crippen LogP contribution in [0.25, 0.3) is 0 Å². The third-order valence-corrected chi connectivity index (χ3v) is 6.94. The third-order valence-electron chi connectivity index (χ3n) is 6.94. The van der Waals surface area contributed by atoms with Crippen LogP contribution < -0.4 is 24.4 Å². The summed E-state index contributed by atoms with van der Waals surface area (Å²) in [7, 11) is 4.76. The summed E-state index contributed by atoms with van der Waals surface area (Å²) >= 11 is 0. The van der Waals surface area contributed by atoms with Gasteiger partial charge in [-0.2, -0.15) is 0 Å². The van der Waals surface area contributed by atoms with Gasteiger partial charge in [-0.25, -0.2) is 0 Å². The molecule has 34 heavy (non-hydrogen) atoms. The summed E-state index contributed by atoms with van der Waals surface area (Å²) in [5.74, 6) is 0.504. The molecule has 0 radical (unpaired) electrons. The van der Waals surface area contributed by atoms with E-state index in [-0.39, 0.29) is 11.8 Å². The smallest absolute Gasteiger partial charge is 0.234 e. The second-order valence-corrected chi connectivity index (χ2v) is 8.73. The third kappa shape index (κ3) is 3.49. The lowest BCUT2D eigenvalue weighted by Gasteiger charge is -2.23. The number of para-hydroxylation sites is 2. The Hall–Kier alpha value is -3.52. The van der Waals surface area contributed by atoms with Crippen molar-refractivity contribution in [2.24, 2.45) is 11.8 Å². The number of hydrogen-bond donors (Lipinski definition) is 1. The van der Waals surface area contributed by atoms with Crippen LogP contribution in [-0.4, -0.2) is 57.9 Å². The van der Waals surface area contributed by atoms with Crippen LogP contribution in [0.1, 0.15) is 5.56 Å². The van der Waals surface area contributed by atoms with E-state index in [0.29, 0.717) is 42.4 Å². The number of carbonyl (C=O) groups is 2. The molecule has 2 amide bonds. The quantitative estimate of drug-likeness (QED) is 0.604. The Morgan fingerprint density at radius 2 is 1.85 bits per heavy atom. The van der Waals surface area contributed by atoms with E-state index in [1.807, 2.05) is 54.6 Å². The van der Waals surface area contributed by atoms with Gasteiger partial charge in [0.2, 0.25) is 11.8 Å². The van der Waals surface area contributed by atoms with Gasteiger partial charge in [-0.05, 0) is 36.2 Å². The molecule has 0 unspecified atom stereocenters. The van der Waals surface area contributed by atoms with Gasteiger partial charge in [0.05, 0.1) is 51.5 Å². The summed E-state index contributed by atoms with van der Waals surface area (Å²) < 4.78 is 22.3. The van der Waals surface area contributed by atoms with Crippen molar-refractivity contribution in [3.63, 3.8) is 0 Å². The number of ether oxygens (including phenoxy) is 4. The van der Waals surface area contributed by atoms with E-state index in [4.69, 9.17) is 18.9 Å². The minimum absolute atomic E-state index is 0.114. The molecule has 2 fully saturated rings. The maximum atomic E-state index is 13.5. The summed E-state index contributed by atoms with van der Waals surface area (Å²) in [6, 6.07) is 13.1. The lowest BCUT2D eigenvalue weighted by Crippen LogP contribution is -2.44. The number of nitrogens with one attached hydrogen (secondary N) is 1. The van der Waals surface area contributed by atoms with Gasteiger partial charge in [0, 0.05) is 6.54 Å². The predicted octanol–water partition coefficient (Wildman–Crippen LogP) is 2.36. The van der Waals surface area contributed by atoms with Gasteiger partial charge in [0.1, 0.15) is 11.4 Å². The summed E-state index contributed by atoms with van der Waals surface area (Å²) in [6.45, 7) is 0.796. The number of nitrogens with zero attached hydrogens (tertiary/aromatic N) is 1. The first-order valence-corrected chi connectivity index (χ1v) is 11.3. The second-order valence-electron chi connectivity index (χ2n) is 8.73. The fourth-order valence-corrected chi connectivity index (χ4v) is 5.34. The number of rotatable bonds is 8. The molecule has 5 rings (SSSR count). The topological polar surface area (TPSA) is 86.3 Å². The summed E-state index contributed by atoms with van der Waals surface area (Å²) in [5, 5.41) is 3.01. The first-order valence-electron chi connectivity index (χ1n) is 11.3. The molecule has 4 atom stereocenters. The molecule has 0 aliphatic carbocycles. The van der Waals surface area contributed by atoms with Gasteiger partial charge in [0.15, 0.2) is 11.5 Å². The minimum atomic E-state index is -0.784. The molecule has 1 spiro atoms. The van der Waals surface area contributed by atoms with Gasteiger partial charge < -0.3 is 29.2 Å². The molecule has 8 nitrogen and oxygen atoms in total. The van der Waals surface area contributed by atoms with Gasteiger partial charge in [-0.15, -0.1) is 0 Å². The Bertz CT molecular complexity index is 1150. The van der Waals surface area contributed by atoms with E-state index in [9.17, 15) is 9.59 Å². The summed E-state index contributed by atoms with van der Waals surface area (Å²) in [5.41, 5.74) is 0.915. The number of benzene rings is 2. The monoisotopic (exact) mass is 464 g/mol. The highest BCUT2D eigenvalue weighted by Gasteiger charge is 2.67. The van der Waals surface area contributed by atoms with Crippen LogP contribution >= 0.6 is 0 Å². The van der Waals surface area contributed by atoms with Crippen LogP contribution in [-0.2, 0) is 20.7 Å². The number of methoxy groups -OCH3 is 3. The molecule has 178 valence electrons. The Labute approximate surface area is 198 Å². The molecule has 2 saturated heterocycles. The van der Waals surface area contributed by atoms with Crippen molar-refractivity contribution in [3.8, 4) is 17.2 Å². The first-order chi connectivity index (χ1) is 16.5. The van der Waals surface area contributed by atoms with Crippen molar-refractivity contribution in [2.45, 2.75) is 18.1 Å². The molecule has 2 bridgehead atoms.